The second-order valence-corrected chi connectivity index (χ2v) is 6.35. The van der Waals surface area contributed by atoms with Crippen LogP contribution in [0.2, 0.25) is 5.02 Å². The van der Waals surface area contributed by atoms with Gasteiger partial charge in [0.2, 0.25) is 0 Å². The zero-order valence-electron chi connectivity index (χ0n) is 15.6. The molecular formula is C21H23ClN3O3. The number of carbonyl (C=O) groups is 1. The highest BCUT2D eigenvalue weighted by molar-refractivity contribution is 6.30. The molecule has 0 aliphatic heterocycles. The minimum absolute atomic E-state index is 0.0360. The first-order valence-corrected chi connectivity index (χ1v) is 8.93. The van der Waals surface area contributed by atoms with Gasteiger partial charge in [0.05, 0.1) is 13.7 Å². The van der Waals surface area contributed by atoms with Crippen LogP contribution in [-0.2, 0) is 16.0 Å². The lowest BCUT2D eigenvalue weighted by Gasteiger charge is -2.23. The Morgan fingerprint density at radius 3 is 2.57 bits per heavy atom. The fraction of sp³-hybridized carbons (Fsp3) is 0.190. The normalized spacial score (nSPS) is 11.4. The molecule has 4 N–H and O–H groups in total. The fourth-order valence-electron chi connectivity index (χ4n) is 2.77. The topological polar surface area (TPSA) is 97.4 Å². The number of nitrogens with two attached hydrogens (primary N) is 1. The Morgan fingerprint density at radius 1 is 1.36 bits per heavy atom. The zero-order valence-corrected chi connectivity index (χ0v) is 16.4. The van der Waals surface area contributed by atoms with Gasteiger partial charge in [-0.15, -0.1) is 6.58 Å². The van der Waals surface area contributed by atoms with E-state index in [-0.39, 0.29) is 12.4 Å². The number of allylic oxidation sites excluding steroid dienone is 1. The van der Waals surface area contributed by atoms with Gasteiger partial charge in [-0.05, 0) is 55.3 Å². The SMILES string of the molecule is [CH2]COc1c(CC=C)cc(Cl)cc1C(Nc1ccc(C(=N)N)cc1)C(=O)OC. The minimum atomic E-state index is -0.864. The van der Waals surface area contributed by atoms with Crippen molar-refractivity contribution in [2.75, 3.05) is 19.0 Å². The predicted molar refractivity (Wildman–Crippen MR) is 112 cm³/mol. The molecule has 0 saturated carbocycles. The second-order valence-electron chi connectivity index (χ2n) is 5.92. The number of carbonyl (C=O) groups excluding carboxylic acids is 1. The molecule has 2 rings (SSSR count). The van der Waals surface area contributed by atoms with E-state index >= 15 is 0 Å². The van der Waals surface area contributed by atoms with Gasteiger partial charge in [-0.25, -0.2) is 4.79 Å². The highest BCUT2D eigenvalue weighted by atomic mass is 35.5. The Balaban J connectivity index is 2.51. The number of benzene rings is 2. The van der Waals surface area contributed by atoms with Gasteiger partial charge in [0.1, 0.15) is 11.6 Å². The van der Waals surface area contributed by atoms with Gasteiger partial charge in [-0.1, -0.05) is 17.7 Å². The van der Waals surface area contributed by atoms with Crippen LogP contribution < -0.4 is 15.8 Å². The third kappa shape index (κ3) is 5.04. The van der Waals surface area contributed by atoms with Gasteiger partial charge >= 0.3 is 5.97 Å². The summed E-state index contributed by atoms with van der Waals surface area (Å²) >= 11 is 6.29. The van der Waals surface area contributed by atoms with E-state index < -0.39 is 12.0 Å². The van der Waals surface area contributed by atoms with E-state index in [1.54, 1.807) is 42.5 Å². The van der Waals surface area contributed by atoms with E-state index in [4.69, 9.17) is 32.2 Å². The molecule has 0 aliphatic carbocycles. The highest BCUT2D eigenvalue weighted by Gasteiger charge is 2.27. The van der Waals surface area contributed by atoms with Gasteiger partial charge in [-0.3, -0.25) is 5.41 Å². The maximum absolute atomic E-state index is 12.6. The monoisotopic (exact) mass is 400 g/mol. The Labute approximate surface area is 169 Å². The van der Waals surface area contributed by atoms with Crippen molar-refractivity contribution in [2.24, 2.45) is 5.73 Å². The van der Waals surface area contributed by atoms with Crippen LogP contribution in [0.4, 0.5) is 5.69 Å². The molecule has 1 unspecified atom stereocenters. The number of hydrogen-bond donors (Lipinski definition) is 3. The molecule has 2 aromatic rings. The van der Waals surface area contributed by atoms with Crippen LogP contribution in [0.25, 0.3) is 0 Å². The molecule has 0 aromatic heterocycles. The third-order valence-corrected chi connectivity index (χ3v) is 4.24. The van der Waals surface area contributed by atoms with E-state index in [0.29, 0.717) is 34.0 Å². The molecule has 0 fully saturated rings. The standard InChI is InChI=1S/C21H23ClN3O3/c1-4-6-14-11-15(22)12-17(19(14)28-5-2)18(21(26)27-3)25-16-9-7-13(8-10-16)20(23)24/h4,7-12,18,25H,1-2,5-6H2,3H3,(H3,23,24). The second kappa shape index (κ2) is 9.80. The summed E-state index contributed by atoms with van der Waals surface area (Å²) in [6.45, 7) is 7.67. The Bertz CT molecular complexity index is 866. The lowest BCUT2D eigenvalue weighted by molar-refractivity contribution is -0.141. The van der Waals surface area contributed by atoms with Crippen molar-refractivity contribution >= 4 is 29.1 Å². The molecular weight excluding hydrogens is 378 g/mol. The van der Waals surface area contributed by atoms with E-state index in [2.05, 4.69) is 18.8 Å². The number of ether oxygens (including phenoxy) is 2. The molecule has 1 atom stereocenters. The van der Waals surface area contributed by atoms with Crippen LogP contribution in [0, 0.1) is 12.3 Å². The summed E-state index contributed by atoms with van der Waals surface area (Å²) in [4.78, 5) is 12.6. The van der Waals surface area contributed by atoms with Gasteiger partial charge in [-0.2, -0.15) is 0 Å². The molecule has 0 spiro atoms. The average molecular weight is 401 g/mol. The third-order valence-electron chi connectivity index (χ3n) is 4.02. The number of rotatable bonds is 9. The van der Waals surface area contributed by atoms with Crippen molar-refractivity contribution in [3.8, 4) is 5.75 Å². The molecule has 0 amide bonds. The summed E-state index contributed by atoms with van der Waals surface area (Å²) in [7, 11) is 1.31. The van der Waals surface area contributed by atoms with Crippen LogP contribution >= 0.6 is 11.6 Å². The van der Waals surface area contributed by atoms with E-state index in [1.165, 1.54) is 7.11 Å². The maximum Gasteiger partial charge on any atom is 0.333 e. The summed E-state index contributed by atoms with van der Waals surface area (Å²) in [5.74, 6) is -0.0231. The smallest absolute Gasteiger partial charge is 0.333 e. The summed E-state index contributed by atoms with van der Waals surface area (Å²) in [5, 5.41) is 11.1. The molecule has 0 aliphatic rings. The molecule has 0 heterocycles. The fourth-order valence-corrected chi connectivity index (χ4v) is 3.02. The quantitative estimate of drug-likeness (QED) is 0.257. The van der Waals surface area contributed by atoms with Gasteiger partial charge in [0.15, 0.2) is 6.04 Å². The number of amidine groups is 1. The van der Waals surface area contributed by atoms with Crippen molar-refractivity contribution < 1.29 is 14.3 Å². The molecule has 0 bridgehead atoms. The molecule has 2 aromatic carbocycles. The molecule has 1 radical (unpaired) electrons. The van der Waals surface area contributed by atoms with Gasteiger partial charge in [0.25, 0.3) is 0 Å². The van der Waals surface area contributed by atoms with E-state index in [9.17, 15) is 4.79 Å². The number of halogens is 1. The summed E-state index contributed by atoms with van der Waals surface area (Å²) in [6.07, 6.45) is 2.25. The first-order valence-electron chi connectivity index (χ1n) is 8.55. The first kappa shape index (κ1) is 21.3. The van der Waals surface area contributed by atoms with Crippen LogP contribution in [0.3, 0.4) is 0 Å². The van der Waals surface area contributed by atoms with Crippen molar-refractivity contribution in [3.63, 3.8) is 0 Å². The first-order chi connectivity index (χ1) is 13.4. The van der Waals surface area contributed by atoms with Gasteiger partial charge < -0.3 is 20.5 Å². The number of methoxy groups -OCH3 is 1. The minimum Gasteiger partial charge on any atom is -0.493 e. The van der Waals surface area contributed by atoms with E-state index in [0.717, 1.165) is 5.56 Å². The zero-order chi connectivity index (χ0) is 20.7. The lowest BCUT2D eigenvalue weighted by atomic mass is 9.99. The largest absolute Gasteiger partial charge is 0.493 e. The van der Waals surface area contributed by atoms with Crippen LogP contribution in [-0.4, -0.2) is 25.5 Å². The van der Waals surface area contributed by atoms with Crippen LogP contribution in [0.5, 0.6) is 5.75 Å². The molecule has 6 nitrogen and oxygen atoms in total. The van der Waals surface area contributed by atoms with Gasteiger partial charge in [0, 0.05) is 21.8 Å². The predicted octanol–water partition coefficient (Wildman–Crippen LogP) is 3.89. The van der Waals surface area contributed by atoms with Crippen molar-refractivity contribution in [1.29, 1.82) is 5.41 Å². The molecule has 28 heavy (non-hydrogen) atoms. The van der Waals surface area contributed by atoms with E-state index in [1.807, 2.05) is 0 Å². The van der Waals surface area contributed by atoms with Crippen molar-refractivity contribution in [2.45, 2.75) is 12.5 Å². The maximum atomic E-state index is 12.6. The average Bonchev–Trinajstić information content (AvgIpc) is 2.68. The number of nitrogens with one attached hydrogen (secondary N) is 2. The molecule has 147 valence electrons. The lowest BCUT2D eigenvalue weighted by Crippen LogP contribution is -2.23. The Kier molecular flexibility index (Phi) is 7.46. The van der Waals surface area contributed by atoms with Crippen LogP contribution in [0.15, 0.2) is 49.1 Å². The Morgan fingerprint density at radius 2 is 2.04 bits per heavy atom. The summed E-state index contributed by atoms with van der Waals surface area (Å²) in [5.41, 5.74) is 8.04. The van der Waals surface area contributed by atoms with Crippen LogP contribution in [0.1, 0.15) is 22.7 Å². The van der Waals surface area contributed by atoms with Crippen molar-refractivity contribution in [3.05, 3.63) is 77.7 Å². The summed E-state index contributed by atoms with van der Waals surface area (Å²) in [6, 6.07) is 9.40. The number of anilines is 1. The van der Waals surface area contributed by atoms with Crippen molar-refractivity contribution in [1.82, 2.24) is 0 Å². The molecule has 0 saturated heterocycles. The number of hydrogen-bond acceptors (Lipinski definition) is 5. The number of esters is 1. The molecule has 7 heteroatoms. The summed E-state index contributed by atoms with van der Waals surface area (Å²) < 4.78 is 10.7. The highest BCUT2D eigenvalue weighted by Crippen LogP contribution is 2.35. The number of nitrogen functional groups attached to an aromatic ring is 1. The Hall–Kier alpha value is -2.99.